The molecule has 2 aromatic rings. The summed E-state index contributed by atoms with van der Waals surface area (Å²) in [5.41, 5.74) is 0.152. The average Bonchev–Trinajstić information content (AvgIpc) is 2.85. The van der Waals surface area contributed by atoms with Crippen LogP contribution in [0, 0.1) is 0 Å². The predicted molar refractivity (Wildman–Crippen MR) is 77.3 cm³/mol. The summed E-state index contributed by atoms with van der Waals surface area (Å²) in [5, 5.41) is 8.35. The topological polar surface area (TPSA) is 29.9 Å². The third kappa shape index (κ3) is 4.12. The SMILES string of the molecule is CC(C)(C)NCc1ccc(Cn2cc(Cl)cn2)s1. The van der Waals surface area contributed by atoms with Crippen LogP contribution in [0.2, 0.25) is 5.02 Å². The fourth-order valence-corrected chi connectivity index (χ4v) is 2.65. The highest BCUT2D eigenvalue weighted by atomic mass is 35.5. The van der Waals surface area contributed by atoms with E-state index in [1.807, 2.05) is 22.2 Å². The van der Waals surface area contributed by atoms with Gasteiger partial charge in [0.25, 0.3) is 0 Å². The number of hydrogen-bond acceptors (Lipinski definition) is 3. The molecule has 0 aliphatic rings. The number of hydrogen-bond donors (Lipinski definition) is 1. The van der Waals surface area contributed by atoms with Crippen molar-refractivity contribution >= 4 is 22.9 Å². The van der Waals surface area contributed by atoms with Gasteiger partial charge in [-0.3, -0.25) is 4.68 Å². The molecule has 0 atom stereocenters. The Kier molecular flexibility index (Phi) is 4.10. The van der Waals surface area contributed by atoms with Crippen molar-refractivity contribution in [1.29, 1.82) is 0 Å². The molecular weight excluding hydrogens is 266 g/mol. The molecule has 2 rings (SSSR count). The van der Waals surface area contributed by atoms with Crippen molar-refractivity contribution in [2.75, 3.05) is 0 Å². The van der Waals surface area contributed by atoms with Gasteiger partial charge in [0.1, 0.15) is 0 Å². The van der Waals surface area contributed by atoms with Crippen LogP contribution in [0.3, 0.4) is 0 Å². The lowest BCUT2D eigenvalue weighted by molar-refractivity contribution is 0.426. The van der Waals surface area contributed by atoms with Crippen molar-refractivity contribution in [2.24, 2.45) is 0 Å². The van der Waals surface area contributed by atoms with E-state index in [4.69, 9.17) is 11.6 Å². The van der Waals surface area contributed by atoms with E-state index in [2.05, 4.69) is 43.3 Å². The largest absolute Gasteiger partial charge is 0.307 e. The molecule has 3 nitrogen and oxygen atoms in total. The standard InChI is InChI=1S/C13H18ClN3S/c1-13(2,3)15-7-11-4-5-12(18-11)9-17-8-10(14)6-16-17/h4-6,8,15H,7,9H2,1-3H3. The number of nitrogens with zero attached hydrogens (tertiary/aromatic N) is 2. The Morgan fingerprint density at radius 2 is 2.06 bits per heavy atom. The Morgan fingerprint density at radius 1 is 1.33 bits per heavy atom. The van der Waals surface area contributed by atoms with Crippen molar-refractivity contribution in [3.8, 4) is 0 Å². The predicted octanol–water partition coefficient (Wildman–Crippen LogP) is 3.53. The van der Waals surface area contributed by atoms with Crippen molar-refractivity contribution in [3.63, 3.8) is 0 Å². The third-order valence-corrected chi connectivity index (χ3v) is 3.69. The molecule has 5 heteroatoms. The normalized spacial score (nSPS) is 12.0. The summed E-state index contributed by atoms with van der Waals surface area (Å²) in [5.74, 6) is 0. The van der Waals surface area contributed by atoms with Crippen LogP contribution in [-0.4, -0.2) is 15.3 Å². The minimum Gasteiger partial charge on any atom is -0.307 e. The van der Waals surface area contributed by atoms with Crippen molar-refractivity contribution in [3.05, 3.63) is 39.3 Å². The molecule has 0 unspecified atom stereocenters. The Balaban J connectivity index is 1.94. The summed E-state index contributed by atoms with van der Waals surface area (Å²) in [6.45, 7) is 8.22. The molecule has 18 heavy (non-hydrogen) atoms. The van der Waals surface area contributed by atoms with E-state index >= 15 is 0 Å². The van der Waals surface area contributed by atoms with Gasteiger partial charge >= 0.3 is 0 Å². The molecule has 0 fully saturated rings. The maximum Gasteiger partial charge on any atom is 0.0785 e. The van der Waals surface area contributed by atoms with Crippen LogP contribution in [0.1, 0.15) is 30.5 Å². The van der Waals surface area contributed by atoms with E-state index < -0.39 is 0 Å². The smallest absolute Gasteiger partial charge is 0.0785 e. The molecular formula is C13H18ClN3S. The Hall–Kier alpha value is -0.840. The zero-order valence-corrected chi connectivity index (χ0v) is 12.5. The Labute approximate surface area is 117 Å². The number of nitrogens with one attached hydrogen (secondary N) is 1. The van der Waals surface area contributed by atoms with Gasteiger partial charge in [-0.05, 0) is 32.9 Å². The highest BCUT2D eigenvalue weighted by molar-refractivity contribution is 7.11. The molecule has 0 bridgehead atoms. The molecule has 0 aliphatic heterocycles. The monoisotopic (exact) mass is 283 g/mol. The molecule has 0 saturated carbocycles. The molecule has 0 aliphatic carbocycles. The molecule has 0 spiro atoms. The van der Waals surface area contributed by atoms with Crippen LogP contribution >= 0.6 is 22.9 Å². The molecule has 0 radical (unpaired) electrons. The van der Waals surface area contributed by atoms with Crippen LogP contribution in [0.4, 0.5) is 0 Å². The molecule has 0 amide bonds. The zero-order chi connectivity index (χ0) is 13.2. The van der Waals surface area contributed by atoms with Gasteiger partial charge in [-0.1, -0.05) is 11.6 Å². The number of rotatable bonds is 4. The van der Waals surface area contributed by atoms with Gasteiger partial charge in [-0.25, -0.2) is 0 Å². The molecule has 2 heterocycles. The fraction of sp³-hybridized carbons (Fsp3) is 0.462. The second-order valence-electron chi connectivity index (χ2n) is 5.33. The first-order valence-electron chi connectivity index (χ1n) is 5.93. The van der Waals surface area contributed by atoms with Crippen LogP contribution in [0.15, 0.2) is 24.5 Å². The highest BCUT2D eigenvalue weighted by Gasteiger charge is 2.09. The molecule has 2 aromatic heterocycles. The summed E-state index contributed by atoms with van der Waals surface area (Å²) < 4.78 is 1.86. The quantitative estimate of drug-likeness (QED) is 0.930. The van der Waals surface area contributed by atoms with Crippen LogP contribution in [0.5, 0.6) is 0 Å². The Morgan fingerprint density at radius 3 is 2.67 bits per heavy atom. The van der Waals surface area contributed by atoms with Crippen molar-refractivity contribution in [2.45, 2.75) is 39.4 Å². The first kappa shape index (κ1) is 13.6. The first-order chi connectivity index (χ1) is 8.42. The van der Waals surface area contributed by atoms with Gasteiger partial charge in [0.2, 0.25) is 0 Å². The maximum absolute atomic E-state index is 5.84. The minimum absolute atomic E-state index is 0.152. The zero-order valence-electron chi connectivity index (χ0n) is 10.9. The van der Waals surface area contributed by atoms with Gasteiger partial charge in [0.15, 0.2) is 0 Å². The van der Waals surface area contributed by atoms with Crippen LogP contribution in [0.25, 0.3) is 0 Å². The van der Waals surface area contributed by atoms with E-state index in [0.29, 0.717) is 5.02 Å². The van der Waals surface area contributed by atoms with Crippen molar-refractivity contribution < 1.29 is 0 Å². The lowest BCUT2D eigenvalue weighted by atomic mass is 10.1. The van der Waals surface area contributed by atoms with Gasteiger partial charge in [-0.2, -0.15) is 5.10 Å². The number of thiophene rings is 1. The summed E-state index contributed by atoms with van der Waals surface area (Å²) in [6.07, 6.45) is 3.51. The van der Waals surface area contributed by atoms with Gasteiger partial charge in [0.05, 0.1) is 17.8 Å². The van der Waals surface area contributed by atoms with Crippen LogP contribution in [-0.2, 0) is 13.1 Å². The Bertz CT molecular complexity index is 510. The number of aromatic nitrogens is 2. The summed E-state index contributed by atoms with van der Waals surface area (Å²) in [6, 6.07) is 4.32. The lowest BCUT2D eigenvalue weighted by Gasteiger charge is -2.19. The first-order valence-corrected chi connectivity index (χ1v) is 7.12. The van der Waals surface area contributed by atoms with Gasteiger partial charge in [0, 0.05) is 28.0 Å². The fourth-order valence-electron chi connectivity index (χ4n) is 1.54. The maximum atomic E-state index is 5.84. The van der Waals surface area contributed by atoms with E-state index in [1.54, 1.807) is 6.20 Å². The van der Waals surface area contributed by atoms with E-state index in [0.717, 1.165) is 13.1 Å². The molecule has 1 N–H and O–H groups in total. The highest BCUT2D eigenvalue weighted by Crippen LogP contribution is 2.18. The minimum atomic E-state index is 0.152. The molecule has 98 valence electrons. The number of halogens is 1. The van der Waals surface area contributed by atoms with E-state index in [1.165, 1.54) is 9.75 Å². The second-order valence-corrected chi connectivity index (χ2v) is 7.02. The summed E-state index contributed by atoms with van der Waals surface area (Å²) in [7, 11) is 0. The van der Waals surface area contributed by atoms with Crippen molar-refractivity contribution in [1.82, 2.24) is 15.1 Å². The van der Waals surface area contributed by atoms with E-state index in [9.17, 15) is 0 Å². The summed E-state index contributed by atoms with van der Waals surface area (Å²) >= 11 is 7.65. The summed E-state index contributed by atoms with van der Waals surface area (Å²) in [4.78, 5) is 2.64. The second kappa shape index (κ2) is 5.43. The molecule has 0 aromatic carbocycles. The van der Waals surface area contributed by atoms with E-state index in [-0.39, 0.29) is 5.54 Å². The lowest BCUT2D eigenvalue weighted by Crippen LogP contribution is -2.34. The van der Waals surface area contributed by atoms with Gasteiger partial charge < -0.3 is 5.32 Å². The van der Waals surface area contributed by atoms with Crippen LogP contribution < -0.4 is 5.32 Å². The van der Waals surface area contributed by atoms with Gasteiger partial charge in [-0.15, -0.1) is 11.3 Å². The third-order valence-electron chi connectivity index (χ3n) is 2.43. The molecule has 0 saturated heterocycles. The average molecular weight is 284 g/mol.